The van der Waals surface area contributed by atoms with Gasteiger partial charge in [0.2, 0.25) is 0 Å². The smallest absolute Gasteiger partial charge is 0.151 e. The summed E-state index contributed by atoms with van der Waals surface area (Å²) in [5.41, 5.74) is 5.98. The summed E-state index contributed by atoms with van der Waals surface area (Å²) < 4.78 is 26.4. The summed E-state index contributed by atoms with van der Waals surface area (Å²) in [6.07, 6.45) is 1.60. The minimum Gasteiger partial charge on any atom is -0.367 e. The largest absolute Gasteiger partial charge is 0.367 e. The third kappa shape index (κ3) is 5.14. The zero-order valence-corrected chi connectivity index (χ0v) is 15.1. The summed E-state index contributed by atoms with van der Waals surface area (Å²) in [7, 11) is 0. The molecule has 0 amide bonds. The van der Waals surface area contributed by atoms with Crippen LogP contribution in [0.15, 0.2) is 77.9 Å². The fourth-order valence-corrected chi connectivity index (χ4v) is 2.72. The fraction of sp³-hybridized carbons (Fsp3) is 0.136. The first-order valence-electron chi connectivity index (χ1n) is 8.79. The summed E-state index contributed by atoms with van der Waals surface area (Å²) in [6.45, 7) is 3.86. The molecular weight excluding hydrogens is 344 g/mol. The van der Waals surface area contributed by atoms with Gasteiger partial charge in [0.1, 0.15) is 5.82 Å². The number of rotatable bonds is 7. The molecule has 27 heavy (non-hydrogen) atoms. The number of benzene rings is 3. The molecule has 0 bridgehead atoms. The first-order chi connectivity index (χ1) is 13.2. The molecule has 0 aliphatic heterocycles. The van der Waals surface area contributed by atoms with E-state index < -0.39 is 11.6 Å². The van der Waals surface area contributed by atoms with Gasteiger partial charge in [-0.3, -0.25) is 5.43 Å². The Kier molecular flexibility index (Phi) is 6.15. The van der Waals surface area contributed by atoms with Crippen LogP contribution in [0.2, 0.25) is 0 Å². The summed E-state index contributed by atoms with van der Waals surface area (Å²) in [5.74, 6) is -1.30. The van der Waals surface area contributed by atoms with Crippen LogP contribution in [-0.4, -0.2) is 12.8 Å². The van der Waals surface area contributed by atoms with E-state index in [1.54, 1.807) is 6.21 Å². The van der Waals surface area contributed by atoms with E-state index >= 15 is 0 Å². The van der Waals surface area contributed by atoms with Crippen molar-refractivity contribution in [2.75, 3.05) is 16.9 Å². The van der Waals surface area contributed by atoms with Crippen molar-refractivity contribution in [1.82, 2.24) is 0 Å². The first-order valence-corrected chi connectivity index (χ1v) is 8.79. The molecule has 0 spiro atoms. The molecule has 0 fully saturated rings. The standard InChI is InChI=1S/C22H21F2N3/c1-2-27(16-18-6-4-3-5-7-18)20-11-8-17(9-12-20)15-25-26-22-13-10-19(23)14-21(22)24/h3-15,26H,2,16H2,1H3/b25-15+. The Morgan fingerprint density at radius 1 is 0.963 bits per heavy atom. The molecule has 0 aliphatic rings. The minimum atomic E-state index is -0.679. The normalized spacial score (nSPS) is 10.9. The average Bonchev–Trinajstić information content (AvgIpc) is 2.69. The van der Waals surface area contributed by atoms with E-state index in [-0.39, 0.29) is 5.69 Å². The molecular formula is C22H21F2N3. The zero-order valence-electron chi connectivity index (χ0n) is 15.1. The van der Waals surface area contributed by atoms with Crippen LogP contribution in [0.25, 0.3) is 0 Å². The molecule has 0 aliphatic carbocycles. The van der Waals surface area contributed by atoms with Crippen molar-refractivity contribution in [3.63, 3.8) is 0 Å². The Bertz CT molecular complexity index is 893. The Morgan fingerprint density at radius 3 is 2.37 bits per heavy atom. The van der Waals surface area contributed by atoms with Gasteiger partial charge in [-0.25, -0.2) is 8.78 Å². The van der Waals surface area contributed by atoms with E-state index in [9.17, 15) is 8.78 Å². The van der Waals surface area contributed by atoms with Crippen LogP contribution in [0, 0.1) is 11.6 Å². The predicted octanol–water partition coefficient (Wildman–Crippen LogP) is 5.44. The van der Waals surface area contributed by atoms with Crippen LogP contribution in [0.4, 0.5) is 20.2 Å². The van der Waals surface area contributed by atoms with Crippen LogP contribution < -0.4 is 10.3 Å². The van der Waals surface area contributed by atoms with Crippen LogP contribution in [0.5, 0.6) is 0 Å². The van der Waals surface area contributed by atoms with E-state index in [1.165, 1.54) is 17.7 Å². The van der Waals surface area contributed by atoms with E-state index in [0.29, 0.717) is 0 Å². The zero-order chi connectivity index (χ0) is 19.1. The van der Waals surface area contributed by atoms with Crippen molar-refractivity contribution in [2.45, 2.75) is 13.5 Å². The lowest BCUT2D eigenvalue weighted by molar-refractivity contribution is 0.585. The molecule has 0 unspecified atom stereocenters. The maximum Gasteiger partial charge on any atom is 0.151 e. The Labute approximate surface area is 158 Å². The maximum absolute atomic E-state index is 13.6. The lowest BCUT2D eigenvalue weighted by Gasteiger charge is -2.23. The molecule has 3 aromatic carbocycles. The number of anilines is 2. The summed E-state index contributed by atoms with van der Waals surface area (Å²) in [5, 5.41) is 4.01. The van der Waals surface area contributed by atoms with Gasteiger partial charge in [0.05, 0.1) is 11.9 Å². The van der Waals surface area contributed by atoms with Gasteiger partial charge in [-0.2, -0.15) is 5.10 Å². The van der Waals surface area contributed by atoms with Crippen molar-refractivity contribution in [2.24, 2.45) is 5.10 Å². The quantitative estimate of drug-likeness (QED) is 0.446. The van der Waals surface area contributed by atoms with E-state index in [0.717, 1.165) is 30.4 Å². The Balaban J connectivity index is 1.63. The van der Waals surface area contributed by atoms with Crippen LogP contribution in [0.3, 0.4) is 0 Å². The van der Waals surface area contributed by atoms with Crippen molar-refractivity contribution >= 4 is 17.6 Å². The number of halogens is 2. The van der Waals surface area contributed by atoms with Crippen LogP contribution in [-0.2, 0) is 6.54 Å². The number of hydrogen-bond acceptors (Lipinski definition) is 3. The molecule has 0 atom stereocenters. The molecule has 0 saturated heterocycles. The highest BCUT2D eigenvalue weighted by molar-refractivity contribution is 5.81. The second-order valence-electron chi connectivity index (χ2n) is 6.09. The number of nitrogens with zero attached hydrogens (tertiary/aromatic N) is 2. The predicted molar refractivity (Wildman–Crippen MR) is 107 cm³/mol. The molecule has 3 aromatic rings. The molecule has 3 rings (SSSR count). The molecule has 0 saturated carbocycles. The van der Waals surface area contributed by atoms with E-state index in [1.807, 2.05) is 42.5 Å². The van der Waals surface area contributed by atoms with Crippen molar-refractivity contribution in [3.8, 4) is 0 Å². The first kappa shape index (κ1) is 18.6. The topological polar surface area (TPSA) is 27.6 Å². The van der Waals surface area contributed by atoms with Crippen LogP contribution in [0.1, 0.15) is 18.1 Å². The minimum absolute atomic E-state index is 0.129. The van der Waals surface area contributed by atoms with Gasteiger partial charge in [-0.05, 0) is 42.3 Å². The lowest BCUT2D eigenvalue weighted by Crippen LogP contribution is -2.21. The molecule has 1 N–H and O–H groups in total. The monoisotopic (exact) mass is 365 g/mol. The van der Waals surface area contributed by atoms with Crippen molar-refractivity contribution in [1.29, 1.82) is 0 Å². The Hall–Kier alpha value is -3.21. The Morgan fingerprint density at radius 2 is 1.70 bits per heavy atom. The third-order valence-corrected chi connectivity index (χ3v) is 4.19. The highest BCUT2D eigenvalue weighted by atomic mass is 19.1. The van der Waals surface area contributed by atoms with Crippen molar-refractivity contribution in [3.05, 3.63) is 95.6 Å². The number of hydrazone groups is 1. The highest BCUT2D eigenvalue weighted by Gasteiger charge is 2.05. The van der Waals surface area contributed by atoms with E-state index in [4.69, 9.17) is 0 Å². The molecule has 5 heteroatoms. The third-order valence-electron chi connectivity index (χ3n) is 4.19. The molecule has 0 radical (unpaired) electrons. The number of hydrogen-bond donors (Lipinski definition) is 1. The van der Waals surface area contributed by atoms with Gasteiger partial charge in [-0.15, -0.1) is 0 Å². The SMILES string of the molecule is CCN(Cc1ccccc1)c1ccc(/C=N/Nc2ccc(F)cc2F)cc1. The van der Waals surface area contributed by atoms with Gasteiger partial charge < -0.3 is 4.90 Å². The van der Waals surface area contributed by atoms with Crippen LogP contribution >= 0.6 is 0 Å². The second kappa shape index (κ2) is 8.94. The maximum atomic E-state index is 13.6. The molecule has 3 nitrogen and oxygen atoms in total. The van der Waals surface area contributed by atoms with Gasteiger partial charge in [0.25, 0.3) is 0 Å². The molecule has 0 aromatic heterocycles. The second-order valence-corrected chi connectivity index (χ2v) is 6.09. The highest BCUT2D eigenvalue weighted by Crippen LogP contribution is 2.18. The van der Waals surface area contributed by atoms with Gasteiger partial charge in [-0.1, -0.05) is 42.5 Å². The summed E-state index contributed by atoms with van der Waals surface area (Å²) in [6, 6.07) is 21.6. The van der Waals surface area contributed by atoms with Gasteiger partial charge in [0, 0.05) is 24.8 Å². The van der Waals surface area contributed by atoms with E-state index in [2.05, 4.69) is 34.5 Å². The number of nitrogens with one attached hydrogen (secondary N) is 1. The fourth-order valence-electron chi connectivity index (χ4n) is 2.72. The average molecular weight is 365 g/mol. The molecule has 0 heterocycles. The summed E-state index contributed by atoms with van der Waals surface area (Å²) >= 11 is 0. The van der Waals surface area contributed by atoms with Gasteiger partial charge in [0.15, 0.2) is 5.82 Å². The van der Waals surface area contributed by atoms with Gasteiger partial charge >= 0.3 is 0 Å². The van der Waals surface area contributed by atoms with Crippen molar-refractivity contribution < 1.29 is 8.78 Å². The summed E-state index contributed by atoms with van der Waals surface area (Å²) in [4.78, 5) is 2.28. The lowest BCUT2D eigenvalue weighted by atomic mass is 10.1. The molecule has 138 valence electrons.